The summed E-state index contributed by atoms with van der Waals surface area (Å²) in [5, 5.41) is 33.6. The summed E-state index contributed by atoms with van der Waals surface area (Å²) >= 11 is 0. The average Bonchev–Trinajstić information content (AvgIpc) is 3.70. The van der Waals surface area contributed by atoms with Gasteiger partial charge < -0.3 is 14.9 Å². The lowest BCUT2D eigenvalue weighted by atomic mass is 10.0. The number of hydrogen-bond acceptors (Lipinski definition) is 9. The second-order valence-electron chi connectivity index (χ2n) is 9.45. The molecule has 3 aromatic heterocycles. The van der Waals surface area contributed by atoms with Crippen molar-refractivity contribution in [1.82, 2.24) is 35.0 Å². The second-order valence-corrected chi connectivity index (χ2v) is 9.45. The molecule has 0 fully saturated rings. The Morgan fingerprint density at radius 1 is 0.723 bits per heavy atom. The number of carboxylic acids is 2. The highest BCUT2D eigenvalue weighted by Crippen LogP contribution is 2.38. The molecule has 0 spiro atoms. The molecule has 2 aromatic carbocycles. The molecule has 47 heavy (non-hydrogen) atoms. The summed E-state index contributed by atoms with van der Waals surface area (Å²) in [7, 11) is 0. The Kier molecular flexibility index (Phi) is 8.23. The fraction of sp³-hybridized carbons (Fsp3) is 0.143. The van der Waals surface area contributed by atoms with Crippen LogP contribution in [0.4, 0.5) is 26.3 Å². The first-order valence-corrected chi connectivity index (χ1v) is 13.0. The van der Waals surface area contributed by atoms with Crippen LogP contribution in [0.5, 0.6) is 0 Å². The molecule has 2 N–H and O–H groups in total. The van der Waals surface area contributed by atoms with E-state index in [1.54, 1.807) is 0 Å². The van der Waals surface area contributed by atoms with E-state index in [0.29, 0.717) is 9.36 Å². The first-order chi connectivity index (χ1) is 22.1. The van der Waals surface area contributed by atoms with Gasteiger partial charge in [-0.3, -0.25) is 0 Å². The summed E-state index contributed by atoms with van der Waals surface area (Å²) < 4.78 is 89.9. The number of nitrogens with zero attached hydrogens (tertiary/aromatic N) is 7. The van der Waals surface area contributed by atoms with E-state index in [0.717, 1.165) is 60.9 Å². The number of carboxylic acid groups (broad SMARTS) is 2. The maximum atomic E-state index is 13.9. The molecular weight excluding hydrogens is 644 g/mol. The van der Waals surface area contributed by atoms with Gasteiger partial charge in [0.05, 0.1) is 69.6 Å². The highest BCUT2D eigenvalue weighted by Gasteiger charge is 2.40. The molecule has 0 unspecified atom stereocenters. The van der Waals surface area contributed by atoms with Crippen molar-refractivity contribution in [2.24, 2.45) is 0 Å². The minimum Gasteiger partial charge on any atom is -0.478 e. The van der Waals surface area contributed by atoms with E-state index in [1.807, 2.05) is 0 Å². The van der Waals surface area contributed by atoms with Crippen molar-refractivity contribution in [3.05, 3.63) is 88.7 Å². The van der Waals surface area contributed by atoms with Crippen molar-refractivity contribution in [2.75, 3.05) is 6.61 Å². The van der Waals surface area contributed by atoms with E-state index in [1.165, 1.54) is 6.92 Å². The van der Waals surface area contributed by atoms with E-state index in [-0.39, 0.29) is 34.9 Å². The minimum atomic E-state index is -5.10. The molecule has 0 amide bonds. The number of benzene rings is 2. The highest BCUT2D eigenvalue weighted by atomic mass is 19.4. The van der Waals surface area contributed by atoms with Gasteiger partial charge in [-0.15, -0.1) is 10.2 Å². The molecule has 19 heteroatoms. The van der Waals surface area contributed by atoms with Crippen LogP contribution < -0.4 is 0 Å². The lowest BCUT2D eigenvalue weighted by Gasteiger charge is -2.14. The Hall–Kier alpha value is -6.14. The third kappa shape index (κ3) is 6.35. The monoisotopic (exact) mass is 661 g/mol. The standard InChI is InChI=1S/C28H17F6N7O6/c1-2-47-26(46)13-9-16(18-11-40(38-36-18)20-7-3-5-14(24(42)43)22(20)27(29,30)31)35-17(10-13)19-12-41(39-37-19)21-8-4-6-15(25(44)45)23(21)28(32,33)34/h3-12H,2H2,1H3,(H,42,43)(H,44,45). The lowest BCUT2D eigenvalue weighted by molar-refractivity contribution is -0.138. The summed E-state index contributed by atoms with van der Waals surface area (Å²) in [6, 6.07) is 7.95. The van der Waals surface area contributed by atoms with Crippen LogP contribution in [0.15, 0.2) is 60.9 Å². The Morgan fingerprint density at radius 3 is 1.51 bits per heavy atom. The van der Waals surface area contributed by atoms with Crippen molar-refractivity contribution in [3.8, 4) is 34.2 Å². The van der Waals surface area contributed by atoms with E-state index in [9.17, 15) is 50.9 Å². The Bertz CT molecular complexity index is 1900. The number of aromatic carboxylic acids is 2. The second kappa shape index (κ2) is 12.0. The molecule has 0 atom stereocenters. The summed E-state index contributed by atoms with van der Waals surface area (Å²) in [4.78, 5) is 40.0. The average molecular weight is 661 g/mol. The molecule has 0 saturated heterocycles. The molecule has 13 nitrogen and oxygen atoms in total. The smallest absolute Gasteiger partial charge is 0.419 e. The van der Waals surface area contributed by atoms with Gasteiger partial charge in [-0.25, -0.2) is 28.7 Å². The van der Waals surface area contributed by atoms with Gasteiger partial charge in [-0.05, 0) is 43.3 Å². The van der Waals surface area contributed by atoms with Crippen LogP contribution in [0.2, 0.25) is 0 Å². The Balaban J connectivity index is 1.63. The largest absolute Gasteiger partial charge is 0.478 e. The van der Waals surface area contributed by atoms with Gasteiger partial charge in [-0.2, -0.15) is 26.3 Å². The zero-order valence-corrected chi connectivity index (χ0v) is 23.4. The van der Waals surface area contributed by atoms with Gasteiger partial charge in [-0.1, -0.05) is 22.6 Å². The van der Waals surface area contributed by atoms with Crippen molar-refractivity contribution < 1.29 is 55.7 Å². The fourth-order valence-corrected chi connectivity index (χ4v) is 4.54. The van der Waals surface area contributed by atoms with Crippen LogP contribution in [-0.2, 0) is 17.1 Å². The number of alkyl halides is 6. The quantitative estimate of drug-likeness (QED) is 0.165. The van der Waals surface area contributed by atoms with Crippen LogP contribution in [0.25, 0.3) is 34.2 Å². The SMILES string of the molecule is CCOC(=O)c1cc(-c2cn(-c3cccc(C(=O)O)c3C(F)(F)F)nn2)nc(-c2cn(-c3cccc(C(=O)O)c3C(F)(F)F)nn2)c1. The van der Waals surface area contributed by atoms with Crippen molar-refractivity contribution in [2.45, 2.75) is 19.3 Å². The van der Waals surface area contributed by atoms with Gasteiger partial charge >= 0.3 is 30.3 Å². The number of pyridine rings is 1. The molecule has 5 aromatic rings. The first-order valence-electron chi connectivity index (χ1n) is 13.0. The van der Waals surface area contributed by atoms with Gasteiger partial charge in [0.15, 0.2) is 0 Å². The summed E-state index contributed by atoms with van der Waals surface area (Å²) in [6.45, 7) is 1.46. The van der Waals surface area contributed by atoms with Crippen LogP contribution >= 0.6 is 0 Å². The maximum absolute atomic E-state index is 13.9. The number of carbonyl (C=O) groups is 3. The number of esters is 1. The van der Waals surface area contributed by atoms with Gasteiger partial charge in [0.1, 0.15) is 11.4 Å². The van der Waals surface area contributed by atoms with E-state index < -0.39 is 63.9 Å². The maximum Gasteiger partial charge on any atom is 0.419 e. The van der Waals surface area contributed by atoms with Crippen LogP contribution in [0.1, 0.15) is 49.1 Å². The minimum absolute atomic E-state index is 0.0571. The number of aromatic nitrogens is 7. The fourth-order valence-electron chi connectivity index (χ4n) is 4.54. The van der Waals surface area contributed by atoms with E-state index >= 15 is 0 Å². The van der Waals surface area contributed by atoms with Crippen LogP contribution in [0.3, 0.4) is 0 Å². The number of carbonyl (C=O) groups excluding carboxylic acids is 1. The molecule has 0 aliphatic heterocycles. The molecule has 5 rings (SSSR count). The Morgan fingerprint density at radius 2 is 1.15 bits per heavy atom. The van der Waals surface area contributed by atoms with Crippen molar-refractivity contribution in [3.63, 3.8) is 0 Å². The molecule has 0 aliphatic rings. The van der Waals surface area contributed by atoms with Crippen LogP contribution in [0, 0.1) is 0 Å². The van der Waals surface area contributed by atoms with E-state index in [2.05, 4.69) is 25.6 Å². The molecule has 0 bridgehead atoms. The molecule has 0 aliphatic carbocycles. The topological polar surface area (TPSA) is 175 Å². The number of hydrogen-bond donors (Lipinski definition) is 2. The summed E-state index contributed by atoms with van der Waals surface area (Å²) in [6.07, 6.45) is -8.23. The van der Waals surface area contributed by atoms with Gasteiger partial charge in [0.2, 0.25) is 0 Å². The Labute approximate surface area is 257 Å². The number of halogens is 6. The molecule has 242 valence electrons. The number of ether oxygens (including phenoxy) is 1. The molecule has 0 radical (unpaired) electrons. The zero-order valence-electron chi connectivity index (χ0n) is 23.4. The zero-order chi connectivity index (χ0) is 34.3. The van der Waals surface area contributed by atoms with Gasteiger partial charge in [0.25, 0.3) is 0 Å². The highest BCUT2D eigenvalue weighted by molar-refractivity contribution is 5.93. The first kappa shape index (κ1) is 32.3. The predicted molar refractivity (Wildman–Crippen MR) is 145 cm³/mol. The summed E-state index contributed by atoms with van der Waals surface area (Å²) in [5.41, 5.74) is -7.33. The molecule has 0 saturated carbocycles. The number of rotatable bonds is 8. The third-order valence-electron chi connectivity index (χ3n) is 6.45. The van der Waals surface area contributed by atoms with Gasteiger partial charge in [0, 0.05) is 0 Å². The normalized spacial score (nSPS) is 11.8. The molecule has 3 heterocycles. The van der Waals surface area contributed by atoms with Crippen LogP contribution in [-0.4, -0.2) is 69.7 Å². The van der Waals surface area contributed by atoms with Crippen molar-refractivity contribution >= 4 is 17.9 Å². The third-order valence-corrected chi connectivity index (χ3v) is 6.45. The summed E-state index contributed by atoms with van der Waals surface area (Å²) in [5.74, 6) is -4.55. The molecular formula is C28H17F6N7O6. The van der Waals surface area contributed by atoms with E-state index in [4.69, 9.17) is 4.74 Å². The predicted octanol–water partition coefficient (Wildman–Crippen LogP) is 5.19. The lowest BCUT2D eigenvalue weighted by Crippen LogP contribution is -2.17. The van der Waals surface area contributed by atoms with Crippen molar-refractivity contribution in [1.29, 1.82) is 0 Å².